The Labute approximate surface area is 131 Å². The Morgan fingerprint density at radius 3 is 2.29 bits per heavy atom. The summed E-state index contributed by atoms with van der Waals surface area (Å²) in [4.78, 5) is 0. The van der Waals surface area contributed by atoms with Crippen molar-refractivity contribution in [1.29, 1.82) is 5.41 Å². The molecular weight excluding hydrogens is 282 g/mol. The Morgan fingerprint density at radius 2 is 1.71 bits per heavy atom. The van der Waals surface area contributed by atoms with Crippen molar-refractivity contribution in [3.63, 3.8) is 0 Å². The van der Waals surface area contributed by atoms with Gasteiger partial charge in [-0.15, -0.1) is 0 Å². The monoisotopic (exact) mass is 301 g/mol. The lowest BCUT2D eigenvalue weighted by Crippen LogP contribution is -2.13. The van der Waals surface area contributed by atoms with Gasteiger partial charge in [0.1, 0.15) is 5.75 Å². The van der Waals surface area contributed by atoms with E-state index in [1.165, 1.54) is 0 Å². The summed E-state index contributed by atoms with van der Waals surface area (Å²) in [6.45, 7) is 4.24. The van der Waals surface area contributed by atoms with E-state index in [0.717, 1.165) is 29.7 Å². The molecule has 0 saturated carbocycles. The fourth-order valence-corrected chi connectivity index (χ4v) is 2.35. The van der Waals surface area contributed by atoms with Crippen LogP contribution in [0.5, 0.6) is 5.75 Å². The zero-order chi connectivity index (χ0) is 15.2. The minimum Gasteiger partial charge on any atom is -0.490 e. The molecule has 0 bridgehead atoms. The number of hydrogen-bond acceptors (Lipinski definition) is 2. The molecule has 2 aromatic carbocycles. The van der Waals surface area contributed by atoms with Crippen molar-refractivity contribution in [2.75, 3.05) is 0 Å². The molecule has 0 amide bonds. The summed E-state index contributed by atoms with van der Waals surface area (Å²) in [7, 11) is 0. The zero-order valence-corrected chi connectivity index (χ0v) is 13.2. The highest BCUT2D eigenvalue weighted by atomic mass is 35.5. The van der Waals surface area contributed by atoms with Gasteiger partial charge in [-0.05, 0) is 49.2 Å². The second-order valence-corrected chi connectivity index (χ2v) is 5.40. The summed E-state index contributed by atoms with van der Waals surface area (Å²) >= 11 is 5.97. The summed E-state index contributed by atoms with van der Waals surface area (Å²) in [5, 5.41) is 8.90. The number of nitrogens with one attached hydrogen (secondary N) is 1. The van der Waals surface area contributed by atoms with Crippen molar-refractivity contribution in [2.24, 2.45) is 0 Å². The first-order valence-electron chi connectivity index (χ1n) is 7.25. The molecule has 2 nitrogen and oxygen atoms in total. The van der Waals surface area contributed by atoms with Crippen molar-refractivity contribution >= 4 is 17.3 Å². The first-order valence-corrected chi connectivity index (χ1v) is 7.63. The Kier molecular flexibility index (Phi) is 5.40. The first-order chi connectivity index (χ1) is 10.1. The SMILES string of the molecule is CCC(CC)Oc1ccc(C(=N)c2cccc(Cl)c2)cc1. The fraction of sp³-hybridized carbons (Fsp3) is 0.278. The lowest BCUT2D eigenvalue weighted by Gasteiger charge is -2.15. The van der Waals surface area contributed by atoms with E-state index in [-0.39, 0.29) is 6.10 Å². The van der Waals surface area contributed by atoms with Crippen molar-refractivity contribution in [2.45, 2.75) is 32.8 Å². The molecule has 0 spiro atoms. The van der Waals surface area contributed by atoms with Crippen LogP contribution in [0.3, 0.4) is 0 Å². The highest BCUT2D eigenvalue weighted by Gasteiger charge is 2.08. The summed E-state index contributed by atoms with van der Waals surface area (Å²) < 4.78 is 5.88. The molecule has 0 aliphatic rings. The molecule has 0 aliphatic heterocycles. The molecule has 1 N–H and O–H groups in total. The number of ether oxygens (including phenoxy) is 1. The van der Waals surface area contributed by atoms with Crippen molar-refractivity contribution in [1.82, 2.24) is 0 Å². The molecule has 21 heavy (non-hydrogen) atoms. The smallest absolute Gasteiger partial charge is 0.119 e. The third kappa shape index (κ3) is 4.08. The maximum Gasteiger partial charge on any atom is 0.119 e. The van der Waals surface area contributed by atoms with Crippen LogP contribution in [0.25, 0.3) is 0 Å². The average molecular weight is 302 g/mol. The van der Waals surface area contributed by atoms with Crippen LogP contribution in [0.4, 0.5) is 0 Å². The molecule has 2 rings (SSSR count). The minimum atomic E-state index is 0.253. The maximum absolute atomic E-state index is 8.25. The van der Waals surface area contributed by atoms with Crippen LogP contribution in [0, 0.1) is 5.41 Å². The van der Waals surface area contributed by atoms with E-state index in [1.807, 2.05) is 42.5 Å². The Morgan fingerprint density at radius 1 is 1.05 bits per heavy atom. The molecule has 2 aromatic rings. The second kappa shape index (κ2) is 7.28. The van der Waals surface area contributed by atoms with Gasteiger partial charge < -0.3 is 4.74 Å². The Balaban J connectivity index is 2.13. The lowest BCUT2D eigenvalue weighted by atomic mass is 10.0. The van der Waals surface area contributed by atoms with Gasteiger partial charge in [0.15, 0.2) is 0 Å². The summed E-state index contributed by atoms with van der Waals surface area (Å²) in [6.07, 6.45) is 2.25. The molecule has 0 aromatic heterocycles. The predicted octanol–water partition coefficient (Wildman–Crippen LogP) is 5.32. The molecule has 0 radical (unpaired) electrons. The molecule has 0 fully saturated rings. The third-order valence-corrected chi connectivity index (χ3v) is 3.70. The number of halogens is 1. The van der Waals surface area contributed by atoms with Crippen molar-refractivity contribution in [3.05, 3.63) is 64.7 Å². The first kappa shape index (κ1) is 15.6. The number of benzene rings is 2. The zero-order valence-electron chi connectivity index (χ0n) is 12.4. The van der Waals surface area contributed by atoms with Gasteiger partial charge in [-0.25, -0.2) is 0 Å². The molecule has 110 valence electrons. The summed E-state index contributed by atoms with van der Waals surface area (Å²) in [6, 6.07) is 15.0. The molecule has 0 unspecified atom stereocenters. The molecular formula is C18H20ClNO. The number of hydrogen-bond donors (Lipinski definition) is 1. The molecule has 0 heterocycles. The number of rotatable bonds is 6. The van der Waals surface area contributed by atoms with E-state index in [1.54, 1.807) is 6.07 Å². The highest BCUT2D eigenvalue weighted by molar-refractivity contribution is 6.31. The molecule has 0 aliphatic carbocycles. The second-order valence-electron chi connectivity index (χ2n) is 4.97. The normalized spacial score (nSPS) is 10.7. The van der Waals surface area contributed by atoms with Crippen molar-refractivity contribution in [3.8, 4) is 5.75 Å². The van der Waals surface area contributed by atoms with E-state index < -0.39 is 0 Å². The molecule has 0 saturated heterocycles. The van der Waals surface area contributed by atoms with Gasteiger partial charge in [0.05, 0.1) is 11.8 Å². The van der Waals surface area contributed by atoms with Gasteiger partial charge in [-0.3, -0.25) is 5.41 Å². The largest absolute Gasteiger partial charge is 0.490 e. The Hall–Kier alpha value is -1.80. The van der Waals surface area contributed by atoms with E-state index >= 15 is 0 Å². The van der Waals surface area contributed by atoms with Crippen LogP contribution in [-0.2, 0) is 0 Å². The standard InChI is InChI=1S/C18H20ClNO/c1-3-16(4-2)21-17-10-8-13(9-11-17)18(20)14-6-5-7-15(19)12-14/h5-12,16,20H,3-4H2,1-2H3. The van der Waals surface area contributed by atoms with Crippen LogP contribution >= 0.6 is 11.6 Å². The predicted molar refractivity (Wildman–Crippen MR) is 88.8 cm³/mol. The van der Waals surface area contributed by atoms with Gasteiger partial charge >= 0.3 is 0 Å². The van der Waals surface area contributed by atoms with Gasteiger partial charge in [-0.2, -0.15) is 0 Å². The van der Waals surface area contributed by atoms with Crippen LogP contribution < -0.4 is 4.74 Å². The van der Waals surface area contributed by atoms with Crippen LogP contribution in [-0.4, -0.2) is 11.8 Å². The maximum atomic E-state index is 8.25. The topological polar surface area (TPSA) is 33.1 Å². The summed E-state index contributed by atoms with van der Waals surface area (Å²) in [5.41, 5.74) is 2.14. The van der Waals surface area contributed by atoms with E-state index in [2.05, 4.69) is 13.8 Å². The minimum absolute atomic E-state index is 0.253. The third-order valence-electron chi connectivity index (χ3n) is 3.47. The van der Waals surface area contributed by atoms with Gasteiger partial charge in [-0.1, -0.05) is 37.6 Å². The van der Waals surface area contributed by atoms with E-state index in [0.29, 0.717) is 10.7 Å². The molecule has 3 heteroatoms. The van der Waals surface area contributed by atoms with Crippen LogP contribution in [0.15, 0.2) is 48.5 Å². The lowest BCUT2D eigenvalue weighted by molar-refractivity contribution is 0.193. The fourth-order valence-electron chi connectivity index (χ4n) is 2.16. The summed E-state index contributed by atoms with van der Waals surface area (Å²) in [5.74, 6) is 0.853. The Bertz CT molecular complexity index is 603. The van der Waals surface area contributed by atoms with Gasteiger partial charge in [0.2, 0.25) is 0 Å². The van der Waals surface area contributed by atoms with E-state index in [9.17, 15) is 0 Å². The van der Waals surface area contributed by atoms with Crippen molar-refractivity contribution < 1.29 is 4.74 Å². The van der Waals surface area contributed by atoms with Crippen LogP contribution in [0.2, 0.25) is 5.02 Å². The van der Waals surface area contributed by atoms with Gasteiger partial charge in [0.25, 0.3) is 0 Å². The van der Waals surface area contributed by atoms with Crippen LogP contribution in [0.1, 0.15) is 37.8 Å². The highest BCUT2D eigenvalue weighted by Crippen LogP contribution is 2.19. The molecule has 0 atom stereocenters. The quantitative estimate of drug-likeness (QED) is 0.719. The van der Waals surface area contributed by atoms with Gasteiger partial charge in [0, 0.05) is 16.1 Å². The average Bonchev–Trinajstić information content (AvgIpc) is 2.52. The van der Waals surface area contributed by atoms with E-state index in [4.69, 9.17) is 21.7 Å².